The fourth-order valence-electron chi connectivity index (χ4n) is 5.37. The van der Waals surface area contributed by atoms with E-state index in [-0.39, 0.29) is 11.9 Å². The van der Waals surface area contributed by atoms with Gasteiger partial charge in [-0.25, -0.2) is 9.97 Å². The molecule has 0 radical (unpaired) electrons. The summed E-state index contributed by atoms with van der Waals surface area (Å²) in [7, 11) is 0. The van der Waals surface area contributed by atoms with E-state index in [1.54, 1.807) is 6.92 Å². The molecule has 4 aromatic rings. The van der Waals surface area contributed by atoms with E-state index in [1.807, 2.05) is 18.2 Å². The molecule has 1 saturated carbocycles. The van der Waals surface area contributed by atoms with Crippen LogP contribution in [0.25, 0.3) is 22.4 Å². The van der Waals surface area contributed by atoms with E-state index >= 15 is 0 Å². The molecule has 2 N–H and O–H groups in total. The number of amides is 1. The zero-order valence-corrected chi connectivity index (χ0v) is 21.4. The molecule has 2 aromatic carbocycles. The molecule has 0 unspecified atom stereocenters. The van der Waals surface area contributed by atoms with Gasteiger partial charge in [-0.05, 0) is 57.1 Å². The Hall–Kier alpha value is -3.67. The lowest BCUT2D eigenvalue weighted by molar-refractivity contribution is -0.119. The van der Waals surface area contributed by atoms with E-state index in [1.165, 1.54) is 16.8 Å². The highest BCUT2D eigenvalue weighted by molar-refractivity contribution is 5.93. The first-order chi connectivity index (χ1) is 17.5. The van der Waals surface area contributed by atoms with E-state index in [9.17, 15) is 4.79 Å². The molecule has 1 amide bonds. The second-order valence-corrected chi connectivity index (χ2v) is 9.95. The minimum absolute atomic E-state index is 0.0550. The van der Waals surface area contributed by atoms with Crippen LogP contribution >= 0.6 is 0 Å². The standard InChI is InChI=1S/C30H35N5O/c1-20-21(2)35(19-18-23-10-6-4-7-11-23)30-27(20)29(33-28(34-30)24-12-8-5-9-13-24)32-26-16-14-25(15-17-26)31-22(3)36/h4-13,25-26H,14-19H2,1-3H3,(H,31,36)(H,32,33,34). The number of anilines is 1. The predicted molar refractivity (Wildman–Crippen MR) is 146 cm³/mol. The third kappa shape index (κ3) is 5.13. The molecule has 6 nitrogen and oxygen atoms in total. The van der Waals surface area contributed by atoms with Gasteiger partial charge < -0.3 is 15.2 Å². The Morgan fingerprint density at radius 2 is 1.56 bits per heavy atom. The van der Waals surface area contributed by atoms with Crippen LogP contribution in [0.3, 0.4) is 0 Å². The van der Waals surface area contributed by atoms with E-state index < -0.39 is 0 Å². The topological polar surface area (TPSA) is 71.8 Å². The van der Waals surface area contributed by atoms with Crippen molar-refractivity contribution in [2.24, 2.45) is 0 Å². The fraction of sp³-hybridized carbons (Fsp3) is 0.367. The van der Waals surface area contributed by atoms with Crippen LogP contribution < -0.4 is 10.6 Å². The molecule has 0 bridgehead atoms. The summed E-state index contributed by atoms with van der Waals surface area (Å²) in [6.07, 6.45) is 4.92. The van der Waals surface area contributed by atoms with Crippen molar-refractivity contribution in [2.75, 3.05) is 5.32 Å². The number of nitrogens with one attached hydrogen (secondary N) is 2. The molecule has 36 heavy (non-hydrogen) atoms. The molecule has 1 aliphatic carbocycles. The van der Waals surface area contributed by atoms with Crippen LogP contribution in [-0.2, 0) is 17.8 Å². The smallest absolute Gasteiger partial charge is 0.217 e. The van der Waals surface area contributed by atoms with Crippen LogP contribution in [0, 0.1) is 13.8 Å². The maximum absolute atomic E-state index is 11.5. The Labute approximate surface area is 213 Å². The number of fused-ring (bicyclic) bond motifs is 1. The molecule has 0 aliphatic heterocycles. The first kappa shape index (κ1) is 24.0. The summed E-state index contributed by atoms with van der Waals surface area (Å²) in [5, 5.41) is 7.98. The maximum Gasteiger partial charge on any atom is 0.217 e. The Bertz CT molecular complexity index is 1340. The van der Waals surface area contributed by atoms with Gasteiger partial charge in [0, 0.05) is 36.8 Å². The SMILES string of the molecule is CC(=O)NC1CCC(Nc2nc(-c3ccccc3)nc3c2c(C)c(C)n3CCc2ccccc2)CC1. The second kappa shape index (κ2) is 10.5. The molecule has 6 heteroatoms. The number of nitrogens with zero attached hydrogens (tertiary/aromatic N) is 3. The first-order valence-corrected chi connectivity index (χ1v) is 13.0. The molecule has 1 fully saturated rings. The largest absolute Gasteiger partial charge is 0.367 e. The lowest BCUT2D eigenvalue weighted by Crippen LogP contribution is -2.39. The van der Waals surface area contributed by atoms with Crippen molar-refractivity contribution in [1.29, 1.82) is 0 Å². The van der Waals surface area contributed by atoms with Gasteiger partial charge in [0.05, 0.1) is 5.39 Å². The molecule has 2 heterocycles. The lowest BCUT2D eigenvalue weighted by atomic mass is 9.91. The van der Waals surface area contributed by atoms with Crippen molar-refractivity contribution in [2.45, 2.75) is 71.5 Å². The van der Waals surface area contributed by atoms with Crippen molar-refractivity contribution in [1.82, 2.24) is 19.9 Å². The van der Waals surface area contributed by atoms with E-state index in [0.717, 1.165) is 66.9 Å². The molecule has 0 spiro atoms. The van der Waals surface area contributed by atoms with Gasteiger partial charge in [0.15, 0.2) is 5.82 Å². The fourth-order valence-corrected chi connectivity index (χ4v) is 5.37. The number of hydrogen-bond donors (Lipinski definition) is 2. The molecule has 186 valence electrons. The van der Waals surface area contributed by atoms with Crippen LogP contribution in [0.15, 0.2) is 60.7 Å². The average Bonchev–Trinajstić information content (AvgIpc) is 3.14. The minimum atomic E-state index is 0.0550. The summed E-state index contributed by atoms with van der Waals surface area (Å²) in [5.74, 6) is 1.72. The average molecular weight is 482 g/mol. The number of aryl methyl sites for hydroxylation is 3. The van der Waals surface area contributed by atoms with Gasteiger partial charge in [-0.15, -0.1) is 0 Å². The quantitative estimate of drug-likeness (QED) is 0.349. The Kier molecular flexibility index (Phi) is 7.03. The van der Waals surface area contributed by atoms with E-state index in [0.29, 0.717) is 6.04 Å². The van der Waals surface area contributed by atoms with Crippen LogP contribution in [0.2, 0.25) is 0 Å². The number of rotatable bonds is 7. The molecule has 5 rings (SSSR count). The Morgan fingerprint density at radius 3 is 2.22 bits per heavy atom. The molecule has 0 saturated heterocycles. The highest BCUT2D eigenvalue weighted by atomic mass is 16.1. The van der Waals surface area contributed by atoms with Gasteiger partial charge in [-0.3, -0.25) is 4.79 Å². The monoisotopic (exact) mass is 481 g/mol. The summed E-state index contributed by atoms with van der Waals surface area (Å²) in [4.78, 5) is 21.6. The maximum atomic E-state index is 11.5. The Morgan fingerprint density at radius 1 is 0.917 bits per heavy atom. The third-order valence-electron chi connectivity index (χ3n) is 7.44. The van der Waals surface area contributed by atoms with E-state index in [2.05, 4.69) is 71.5 Å². The van der Waals surface area contributed by atoms with Gasteiger partial charge in [0.1, 0.15) is 11.5 Å². The van der Waals surface area contributed by atoms with Crippen molar-refractivity contribution in [3.05, 3.63) is 77.5 Å². The number of aromatic nitrogens is 3. The van der Waals surface area contributed by atoms with Gasteiger partial charge in [0.2, 0.25) is 5.91 Å². The Balaban J connectivity index is 1.50. The van der Waals surface area contributed by atoms with Crippen LogP contribution in [0.4, 0.5) is 5.82 Å². The molecule has 0 atom stereocenters. The number of benzene rings is 2. The van der Waals surface area contributed by atoms with Gasteiger partial charge in [-0.1, -0.05) is 60.7 Å². The highest BCUT2D eigenvalue weighted by Crippen LogP contribution is 2.33. The van der Waals surface area contributed by atoms with Crippen LogP contribution in [0.5, 0.6) is 0 Å². The predicted octanol–water partition coefficient (Wildman–Crippen LogP) is 5.82. The van der Waals surface area contributed by atoms with Crippen molar-refractivity contribution in [3.8, 4) is 11.4 Å². The number of hydrogen-bond acceptors (Lipinski definition) is 4. The minimum Gasteiger partial charge on any atom is -0.367 e. The molecule has 1 aliphatic rings. The summed E-state index contributed by atoms with van der Waals surface area (Å²) in [5.41, 5.74) is 5.79. The molecular formula is C30H35N5O. The zero-order chi connectivity index (χ0) is 25.1. The summed E-state index contributed by atoms with van der Waals surface area (Å²) >= 11 is 0. The van der Waals surface area contributed by atoms with Gasteiger partial charge >= 0.3 is 0 Å². The molecule has 2 aromatic heterocycles. The third-order valence-corrected chi connectivity index (χ3v) is 7.44. The lowest BCUT2D eigenvalue weighted by Gasteiger charge is -2.30. The van der Waals surface area contributed by atoms with E-state index in [4.69, 9.17) is 9.97 Å². The van der Waals surface area contributed by atoms with Gasteiger partial charge in [-0.2, -0.15) is 0 Å². The van der Waals surface area contributed by atoms with Crippen LogP contribution in [0.1, 0.15) is 49.4 Å². The van der Waals surface area contributed by atoms with Crippen molar-refractivity contribution >= 4 is 22.8 Å². The van der Waals surface area contributed by atoms with Crippen molar-refractivity contribution < 1.29 is 4.79 Å². The zero-order valence-electron chi connectivity index (χ0n) is 21.4. The summed E-state index contributed by atoms with van der Waals surface area (Å²) in [6.45, 7) is 6.83. The molecular weight excluding hydrogens is 446 g/mol. The first-order valence-electron chi connectivity index (χ1n) is 13.0. The normalized spacial score (nSPS) is 17.8. The van der Waals surface area contributed by atoms with Crippen molar-refractivity contribution in [3.63, 3.8) is 0 Å². The highest BCUT2D eigenvalue weighted by Gasteiger charge is 2.25. The summed E-state index contributed by atoms with van der Waals surface area (Å²) in [6, 6.07) is 21.4. The number of carbonyl (C=O) groups excluding carboxylic acids is 1. The summed E-state index contributed by atoms with van der Waals surface area (Å²) < 4.78 is 2.35. The number of carbonyl (C=O) groups is 1. The van der Waals surface area contributed by atoms with Crippen LogP contribution in [-0.4, -0.2) is 32.5 Å². The van der Waals surface area contributed by atoms with Gasteiger partial charge in [0.25, 0.3) is 0 Å². The second-order valence-electron chi connectivity index (χ2n) is 9.95.